The van der Waals surface area contributed by atoms with Crippen LogP contribution in [0.15, 0.2) is 89.2 Å². The highest BCUT2D eigenvalue weighted by Gasteiger charge is 2.19. The van der Waals surface area contributed by atoms with Gasteiger partial charge in [0.05, 0.1) is 11.1 Å². The number of aromatic hydroxyl groups is 1. The normalized spacial score (nSPS) is 11.0. The Morgan fingerprint density at radius 1 is 0.903 bits per heavy atom. The summed E-state index contributed by atoms with van der Waals surface area (Å²) in [6, 6.07) is 20.6. The number of pyridine rings is 1. The van der Waals surface area contributed by atoms with E-state index in [1.165, 1.54) is 12.3 Å². The van der Waals surface area contributed by atoms with Crippen LogP contribution in [-0.2, 0) is 0 Å². The van der Waals surface area contributed by atoms with Crippen LogP contribution in [-0.4, -0.2) is 21.9 Å². The lowest BCUT2D eigenvalue weighted by molar-refractivity contribution is 0.0997. The molecule has 0 saturated carbocycles. The Morgan fingerprint density at radius 2 is 1.65 bits per heavy atom. The maximum absolute atomic E-state index is 12.8. The van der Waals surface area contributed by atoms with E-state index < -0.39 is 11.8 Å². The van der Waals surface area contributed by atoms with Crippen LogP contribution in [0.5, 0.6) is 5.75 Å². The third kappa shape index (κ3) is 4.08. The third-order valence-corrected chi connectivity index (χ3v) is 4.57. The number of fused-ring (bicyclic) bond motifs is 1. The molecule has 8 nitrogen and oxygen atoms in total. The van der Waals surface area contributed by atoms with E-state index in [0.717, 1.165) is 0 Å². The first-order valence-corrected chi connectivity index (χ1v) is 9.32. The molecule has 4 rings (SSSR count). The quantitative estimate of drug-likeness (QED) is 0.411. The van der Waals surface area contributed by atoms with Crippen LogP contribution in [0.3, 0.4) is 0 Å². The van der Waals surface area contributed by atoms with E-state index in [4.69, 9.17) is 5.73 Å². The largest absolute Gasteiger partial charge is 0.505 e. The number of amides is 2. The first-order chi connectivity index (χ1) is 15.0. The fraction of sp³-hybridized carbons (Fsp3) is 0. The van der Waals surface area contributed by atoms with E-state index >= 15 is 0 Å². The molecule has 0 aliphatic heterocycles. The van der Waals surface area contributed by atoms with Crippen molar-refractivity contribution < 1.29 is 14.7 Å². The lowest BCUT2D eigenvalue weighted by atomic mass is 10.0. The third-order valence-electron chi connectivity index (χ3n) is 4.57. The van der Waals surface area contributed by atoms with E-state index in [9.17, 15) is 14.7 Å². The minimum Gasteiger partial charge on any atom is -0.505 e. The van der Waals surface area contributed by atoms with Gasteiger partial charge < -0.3 is 16.2 Å². The molecular formula is C23H17N5O3. The molecule has 3 aromatic carbocycles. The number of benzene rings is 3. The van der Waals surface area contributed by atoms with Gasteiger partial charge in [0.25, 0.3) is 11.8 Å². The molecule has 1 aromatic heterocycles. The highest BCUT2D eigenvalue weighted by Crippen LogP contribution is 2.39. The number of aromatic nitrogens is 1. The van der Waals surface area contributed by atoms with Crippen molar-refractivity contribution in [1.29, 1.82) is 0 Å². The Morgan fingerprint density at radius 3 is 2.42 bits per heavy atom. The first kappa shape index (κ1) is 19.7. The summed E-state index contributed by atoms with van der Waals surface area (Å²) in [5.41, 5.74) is 6.15. The molecule has 0 aliphatic rings. The lowest BCUT2D eigenvalue weighted by Gasteiger charge is -2.11. The fourth-order valence-corrected chi connectivity index (χ4v) is 3.08. The van der Waals surface area contributed by atoms with Crippen molar-refractivity contribution in [1.82, 2.24) is 4.98 Å². The van der Waals surface area contributed by atoms with Crippen LogP contribution in [0.2, 0.25) is 0 Å². The number of hydrogen-bond acceptors (Lipinski definition) is 6. The number of nitrogens with one attached hydrogen (secondary N) is 1. The second-order valence-corrected chi connectivity index (χ2v) is 6.60. The number of carbonyl (C=O) groups excluding carboxylic acids is 2. The van der Waals surface area contributed by atoms with Gasteiger partial charge in [-0.3, -0.25) is 9.59 Å². The minimum absolute atomic E-state index is 0.0117. The topological polar surface area (TPSA) is 130 Å². The summed E-state index contributed by atoms with van der Waals surface area (Å²) >= 11 is 0. The van der Waals surface area contributed by atoms with Gasteiger partial charge in [0.15, 0.2) is 11.6 Å². The van der Waals surface area contributed by atoms with Crippen molar-refractivity contribution in [2.24, 2.45) is 16.0 Å². The van der Waals surface area contributed by atoms with Crippen molar-refractivity contribution in [2.45, 2.75) is 0 Å². The Kier molecular flexibility index (Phi) is 5.35. The van der Waals surface area contributed by atoms with Crippen LogP contribution >= 0.6 is 0 Å². The highest BCUT2D eigenvalue weighted by atomic mass is 16.3. The molecule has 1 heterocycles. The number of nitrogens with two attached hydrogens (primary N) is 1. The second-order valence-electron chi connectivity index (χ2n) is 6.60. The number of anilines is 1. The van der Waals surface area contributed by atoms with Gasteiger partial charge in [0.1, 0.15) is 5.69 Å². The minimum atomic E-state index is -0.702. The second kappa shape index (κ2) is 8.42. The summed E-state index contributed by atoms with van der Waals surface area (Å²) in [5, 5.41) is 23.0. The van der Waals surface area contributed by atoms with Crippen LogP contribution in [0.4, 0.5) is 17.2 Å². The molecule has 0 unspecified atom stereocenters. The van der Waals surface area contributed by atoms with Crippen LogP contribution in [0.1, 0.15) is 20.7 Å². The molecule has 152 valence electrons. The van der Waals surface area contributed by atoms with Gasteiger partial charge in [0.2, 0.25) is 0 Å². The van der Waals surface area contributed by atoms with E-state index in [-0.39, 0.29) is 28.4 Å². The summed E-state index contributed by atoms with van der Waals surface area (Å²) in [4.78, 5) is 28.5. The summed E-state index contributed by atoms with van der Waals surface area (Å²) in [6.45, 7) is 0. The predicted molar refractivity (Wildman–Crippen MR) is 117 cm³/mol. The number of azo groups is 1. The number of rotatable bonds is 5. The number of carbonyl (C=O) groups is 2. The molecular weight excluding hydrogens is 394 g/mol. The molecule has 0 radical (unpaired) electrons. The zero-order valence-corrected chi connectivity index (χ0v) is 16.2. The lowest BCUT2D eigenvalue weighted by Crippen LogP contribution is -2.12. The number of primary amides is 1. The van der Waals surface area contributed by atoms with Gasteiger partial charge >= 0.3 is 0 Å². The number of nitrogens with zero attached hydrogens (tertiary/aromatic N) is 3. The van der Waals surface area contributed by atoms with Crippen molar-refractivity contribution in [3.63, 3.8) is 0 Å². The van der Waals surface area contributed by atoms with Gasteiger partial charge in [0, 0.05) is 17.3 Å². The molecule has 0 atom stereocenters. The van der Waals surface area contributed by atoms with Crippen molar-refractivity contribution in [3.05, 3.63) is 90.1 Å². The van der Waals surface area contributed by atoms with E-state index in [1.807, 2.05) is 12.1 Å². The molecule has 4 N–H and O–H groups in total. The first-order valence-electron chi connectivity index (χ1n) is 9.32. The Hall–Kier alpha value is -4.59. The van der Waals surface area contributed by atoms with Crippen molar-refractivity contribution in [2.75, 3.05) is 5.32 Å². The number of phenols is 1. The Bertz CT molecular complexity index is 1320. The fourth-order valence-electron chi connectivity index (χ4n) is 3.08. The maximum atomic E-state index is 12.8. The predicted octanol–water partition coefficient (Wildman–Crippen LogP) is 4.71. The molecule has 0 bridgehead atoms. The average Bonchev–Trinajstić information content (AvgIpc) is 2.79. The van der Waals surface area contributed by atoms with Crippen molar-refractivity contribution in [3.8, 4) is 5.75 Å². The van der Waals surface area contributed by atoms with E-state index in [1.54, 1.807) is 54.6 Å². The zero-order valence-electron chi connectivity index (χ0n) is 16.2. The van der Waals surface area contributed by atoms with Crippen LogP contribution < -0.4 is 11.1 Å². The van der Waals surface area contributed by atoms with Gasteiger partial charge in [-0.2, -0.15) is 0 Å². The SMILES string of the molecule is NC(=O)c1cccnc1/N=N/c1c(O)c(C(=O)Nc2ccccc2)cc2ccccc12. The van der Waals surface area contributed by atoms with Gasteiger partial charge in [-0.25, -0.2) is 4.98 Å². The van der Waals surface area contributed by atoms with Gasteiger partial charge in [-0.15, -0.1) is 10.2 Å². The molecule has 8 heteroatoms. The van der Waals surface area contributed by atoms with E-state index in [0.29, 0.717) is 16.5 Å². The summed E-state index contributed by atoms with van der Waals surface area (Å²) in [7, 11) is 0. The van der Waals surface area contributed by atoms with Crippen LogP contribution in [0, 0.1) is 0 Å². The molecule has 0 spiro atoms. The molecule has 0 aliphatic carbocycles. The van der Waals surface area contributed by atoms with Gasteiger partial charge in [-0.05, 0) is 35.7 Å². The Balaban J connectivity index is 1.81. The molecule has 2 amide bonds. The molecule has 4 aromatic rings. The monoisotopic (exact) mass is 411 g/mol. The number of para-hydroxylation sites is 1. The standard InChI is InChI=1S/C23H17N5O3/c24-21(30)17-11-6-12-25-22(17)28-27-19-16-10-5-4-7-14(16)13-18(20(19)29)23(31)26-15-8-2-1-3-9-15/h1-13,29H,(H2,24,30)(H,26,31)/b28-27+. The van der Waals surface area contributed by atoms with E-state index in [2.05, 4.69) is 20.5 Å². The van der Waals surface area contributed by atoms with Gasteiger partial charge in [-0.1, -0.05) is 42.5 Å². The average molecular weight is 411 g/mol. The molecule has 0 fully saturated rings. The molecule has 31 heavy (non-hydrogen) atoms. The Labute approximate surface area is 177 Å². The number of phenolic OH excluding ortho intramolecular Hbond substituents is 1. The maximum Gasteiger partial charge on any atom is 0.259 e. The van der Waals surface area contributed by atoms with Crippen LogP contribution in [0.25, 0.3) is 10.8 Å². The van der Waals surface area contributed by atoms with Crippen molar-refractivity contribution >= 4 is 39.8 Å². The summed E-state index contributed by atoms with van der Waals surface area (Å²) in [6.07, 6.45) is 1.45. The summed E-state index contributed by atoms with van der Waals surface area (Å²) in [5.74, 6) is -1.53. The highest BCUT2D eigenvalue weighted by molar-refractivity contribution is 6.11. The zero-order chi connectivity index (χ0) is 21.8. The number of hydrogen-bond donors (Lipinski definition) is 3. The summed E-state index contributed by atoms with van der Waals surface area (Å²) < 4.78 is 0. The molecule has 0 saturated heterocycles. The smallest absolute Gasteiger partial charge is 0.259 e.